The molecule has 0 unspecified atom stereocenters. The lowest BCUT2D eigenvalue weighted by atomic mass is 10.2. The Hall–Kier alpha value is -4.28. The number of hydrogen-bond acceptors (Lipinski definition) is 7. The number of esters is 1. The number of amides is 1. The monoisotopic (exact) mass is 471 g/mol. The van der Waals surface area contributed by atoms with Crippen LogP contribution >= 0.6 is 0 Å². The lowest BCUT2D eigenvalue weighted by Crippen LogP contribution is -2.31. The fourth-order valence-electron chi connectivity index (χ4n) is 2.69. The van der Waals surface area contributed by atoms with Gasteiger partial charge >= 0.3 is 12.1 Å². The minimum atomic E-state index is -4.60. The second kappa shape index (κ2) is 11.5. The molecule has 0 aliphatic rings. The van der Waals surface area contributed by atoms with Crippen molar-refractivity contribution in [2.45, 2.75) is 12.6 Å². The number of benzene rings is 2. The van der Waals surface area contributed by atoms with Gasteiger partial charge < -0.3 is 10.1 Å². The van der Waals surface area contributed by atoms with Gasteiger partial charge in [-0.3, -0.25) is 9.59 Å². The SMILES string of the molecule is O=C(CCNc1ncccn1)OCC(=O)N(/N=C/c1ccccc1)c1cccc(C(F)(F)F)c1. The first-order valence-corrected chi connectivity index (χ1v) is 10.1. The maximum Gasteiger partial charge on any atom is 0.416 e. The largest absolute Gasteiger partial charge is 0.455 e. The number of rotatable bonds is 9. The summed E-state index contributed by atoms with van der Waals surface area (Å²) >= 11 is 0. The van der Waals surface area contributed by atoms with Crippen LogP contribution in [0.4, 0.5) is 24.8 Å². The number of anilines is 2. The predicted octanol–water partition coefficient (Wildman–Crippen LogP) is 3.91. The van der Waals surface area contributed by atoms with Crippen LogP contribution < -0.4 is 10.3 Å². The molecule has 1 heterocycles. The van der Waals surface area contributed by atoms with E-state index in [2.05, 4.69) is 20.4 Å². The van der Waals surface area contributed by atoms with Crippen molar-refractivity contribution in [1.82, 2.24) is 9.97 Å². The highest BCUT2D eigenvalue weighted by atomic mass is 19.4. The van der Waals surface area contributed by atoms with E-state index in [-0.39, 0.29) is 18.7 Å². The van der Waals surface area contributed by atoms with Crippen molar-refractivity contribution < 1.29 is 27.5 Å². The van der Waals surface area contributed by atoms with Crippen LogP contribution in [0.5, 0.6) is 0 Å². The van der Waals surface area contributed by atoms with Crippen LogP contribution in [0.2, 0.25) is 0 Å². The minimum absolute atomic E-state index is 0.0810. The van der Waals surface area contributed by atoms with Gasteiger partial charge in [0.2, 0.25) is 5.95 Å². The molecule has 2 aromatic carbocycles. The van der Waals surface area contributed by atoms with Gasteiger partial charge in [0.1, 0.15) is 0 Å². The van der Waals surface area contributed by atoms with Gasteiger partial charge in [0.25, 0.3) is 5.91 Å². The number of carbonyl (C=O) groups excluding carboxylic acids is 2. The van der Waals surface area contributed by atoms with Crippen molar-refractivity contribution in [1.29, 1.82) is 0 Å². The summed E-state index contributed by atoms with van der Waals surface area (Å²) in [5.74, 6) is -1.18. The second-order valence-corrected chi connectivity index (χ2v) is 6.82. The summed E-state index contributed by atoms with van der Waals surface area (Å²) in [6, 6.07) is 14.5. The van der Waals surface area contributed by atoms with E-state index in [1.54, 1.807) is 36.4 Å². The summed E-state index contributed by atoms with van der Waals surface area (Å²) in [6.45, 7) is -0.538. The van der Waals surface area contributed by atoms with Gasteiger partial charge in [-0.25, -0.2) is 9.97 Å². The number of nitrogens with zero attached hydrogens (tertiary/aromatic N) is 4. The molecule has 0 saturated carbocycles. The third-order valence-electron chi connectivity index (χ3n) is 4.31. The van der Waals surface area contributed by atoms with Crippen LogP contribution in [-0.2, 0) is 20.5 Å². The van der Waals surface area contributed by atoms with Crippen molar-refractivity contribution in [2.24, 2.45) is 5.10 Å². The molecule has 3 aromatic rings. The van der Waals surface area contributed by atoms with Crippen LogP contribution in [0.25, 0.3) is 0 Å². The summed E-state index contributed by atoms with van der Waals surface area (Å²) < 4.78 is 44.4. The highest BCUT2D eigenvalue weighted by Crippen LogP contribution is 2.31. The van der Waals surface area contributed by atoms with Crippen LogP contribution in [0.1, 0.15) is 17.5 Å². The van der Waals surface area contributed by atoms with Crippen molar-refractivity contribution in [3.63, 3.8) is 0 Å². The van der Waals surface area contributed by atoms with Gasteiger partial charge in [-0.15, -0.1) is 0 Å². The Morgan fingerprint density at radius 3 is 2.47 bits per heavy atom. The Bertz CT molecular complexity index is 1130. The minimum Gasteiger partial charge on any atom is -0.455 e. The highest BCUT2D eigenvalue weighted by molar-refractivity contribution is 5.96. The fraction of sp³-hybridized carbons (Fsp3) is 0.174. The zero-order valence-corrected chi connectivity index (χ0v) is 17.8. The van der Waals surface area contributed by atoms with E-state index in [0.29, 0.717) is 11.5 Å². The molecule has 0 aliphatic heterocycles. The molecule has 3 rings (SSSR count). The van der Waals surface area contributed by atoms with Crippen LogP contribution in [0.3, 0.4) is 0 Å². The van der Waals surface area contributed by atoms with E-state index in [9.17, 15) is 22.8 Å². The Morgan fingerprint density at radius 1 is 1.03 bits per heavy atom. The maximum atomic E-state index is 13.2. The van der Waals surface area contributed by atoms with Crippen LogP contribution in [0, 0.1) is 0 Å². The predicted molar refractivity (Wildman–Crippen MR) is 119 cm³/mol. The Kier molecular flexibility index (Phi) is 8.27. The van der Waals surface area contributed by atoms with E-state index in [4.69, 9.17) is 4.74 Å². The normalized spacial score (nSPS) is 11.3. The maximum absolute atomic E-state index is 13.2. The van der Waals surface area contributed by atoms with Crippen molar-refractivity contribution >= 4 is 29.7 Å². The van der Waals surface area contributed by atoms with E-state index in [0.717, 1.165) is 17.1 Å². The van der Waals surface area contributed by atoms with Gasteiger partial charge in [-0.2, -0.15) is 23.3 Å². The quantitative estimate of drug-likeness (QED) is 0.289. The second-order valence-electron chi connectivity index (χ2n) is 6.82. The first-order valence-electron chi connectivity index (χ1n) is 10.1. The van der Waals surface area contributed by atoms with Gasteiger partial charge in [-0.05, 0) is 29.8 Å². The van der Waals surface area contributed by atoms with E-state index < -0.39 is 30.2 Å². The molecular formula is C23H20F3N5O3. The number of alkyl halides is 3. The fourth-order valence-corrected chi connectivity index (χ4v) is 2.69. The van der Waals surface area contributed by atoms with Crippen LogP contribution in [0.15, 0.2) is 78.2 Å². The van der Waals surface area contributed by atoms with Crippen molar-refractivity contribution in [3.8, 4) is 0 Å². The highest BCUT2D eigenvalue weighted by Gasteiger charge is 2.31. The molecule has 0 atom stereocenters. The standard InChI is InChI=1S/C23H20F3N5O3/c24-23(25,26)18-8-4-9-19(14-18)31(30-15-17-6-2-1-3-7-17)20(32)16-34-21(33)10-13-29-22-27-11-5-12-28-22/h1-9,11-12,14-15H,10,13,16H2,(H,27,28,29)/b30-15+. The molecule has 0 spiro atoms. The molecule has 0 saturated heterocycles. The molecule has 1 amide bonds. The Labute approximate surface area is 193 Å². The number of nitrogens with one attached hydrogen (secondary N) is 1. The van der Waals surface area contributed by atoms with E-state index in [1.165, 1.54) is 30.7 Å². The van der Waals surface area contributed by atoms with E-state index >= 15 is 0 Å². The Balaban J connectivity index is 1.67. The average molecular weight is 471 g/mol. The zero-order valence-electron chi connectivity index (χ0n) is 17.8. The number of aromatic nitrogens is 2. The lowest BCUT2D eigenvalue weighted by molar-refractivity contribution is -0.147. The smallest absolute Gasteiger partial charge is 0.416 e. The first-order chi connectivity index (χ1) is 16.3. The number of hydrogen-bond donors (Lipinski definition) is 1. The molecule has 0 radical (unpaired) electrons. The molecule has 1 N–H and O–H groups in total. The van der Waals surface area contributed by atoms with Crippen molar-refractivity contribution in [2.75, 3.05) is 23.5 Å². The number of ether oxygens (including phenoxy) is 1. The molecule has 0 aliphatic carbocycles. The van der Waals surface area contributed by atoms with Crippen LogP contribution in [-0.4, -0.2) is 41.2 Å². The number of halogens is 3. The van der Waals surface area contributed by atoms with E-state index in [1.807, 2.05) is 0 Å². The molecule has 0 fully saturated rings. The number of carbonyl (C=O) groups is 2. The van der Waals surface area contributed by atoms with Gasteiger partial charge in [-0.1, -0.05) is 36.4 Å². The molecule has 1 aromatic heterocycles. The molecule has 8 nitrogen and oxygen atoms in total. The molecule has 34 heavy (non-hydrogen) atoms. The summed E-state index contributed by atoms with van der Waals surface area (Å²) in [7, 11) is 0. The summed E-state index contributed by atoms with van der Waals surface area (Å²) in [5, 5.41) is 7.63. The van der Waals surface area contributed by atoms with Gasteiger partial charge in [0.15, 0.2) is 6.61 Å². The molecule has 176 valence electrons. The summed E-state index contributed by atoms with van der Waals surface area (Å²) in [4.78, 5) is 32.6. The molecule has 11 heteroatoms. The lowest BCUT2D eigenvalue weighted by Gasteiger charge is -2.18. The first kappa shape index (κ1) is 24.4. The zero-order chi connectivity index (χ0) is 24.4. The molecular weight excluding hydrogens is 451 g/mol. The summed E-state index contributed by atoms with van der Waals surface area (Å²) in [6.07, 6.45) is -0.294. The third-order valence-corrected chi connectivity index (χ3v) is 4.31. The van der Waals surface area contributed by atoms with Gasteiger partial charge in [0.05, 0.1) is 23.9 Å². The number of hydrazone groups is 1. The Morgan fingerprint density at radius 2 is 1.76 bits per heavy atom. The third kappa shape index (κ3) is 7.40. The average Bonchev–Trinajstić information content (AvgIpc) is 2.84. The molecule has 0 bridgehead atoms. The topological polar surface area (TPSA) is 96.8 Å². The summed E-state index contributed by atoms with van der Waals surface area (Å²) in [5.41, 5.74) is -0.437. The van der Waals surface area contributed by atoms with Crippen molar-refractivity contribution in [3.05, 3.63) is 84.2 Å². The van der Waals surface area contributed by atoms with Gasteiger partial charge in [0, 0.05) is 18.9 Å².